The summed E-state index contributed by atoms with van der Waals surface area (Å²) in [5.74, 6) is -1.50. The molecule has 2 amide bonds. The minimum atomic E-state index is -0.525. The lowest BCUT2D eigenvalue weighted by molar-refractivity contribution is -0.120. The summed E-state index contributed by atoms with van der Waals surface area (Å²) in [6.07, 6.45) is 0. The van der Waals surface area contributed by atoms with Gasteiger partial charge in [0, 0.05) is 18.6 Å². The van der Waals surface area contributed by atoms with E-state index in [2.05, 4.69) is 0 Å². The molecule has 1 aliphatic rings. The summed E-state index contributed by atoms with van der Waals surface area (Å²) in [7, 11) is 1.63. The third-order valence-corrected chi connectivity index (χ3v) is 4.35. The predicted octanol–water partition coefficient (Wildman–Crippen LogP) is 2.69. The van der Waals surface area contributed by atoms with E-state index in [0.29, 0.717) is 10.6 Å². The number of hydrogen-bond donors (Lipinski definition) is 1. The van der Waals surface area contributed by atoms with Crippen molar-refractivity contribution >= 4 is 34.7 Å². The summed E-state index contributed by atoms with van der Waals surface area (Å²) < 4.78 is 13.2. The number of benzene rings is 2. The van der Waals surface area contributed by atoms with Crippen LogP contribution in [0.4, 0.5) is 10.1 Å². The molecular formula is C19H16ClFN2O3. The van der Waals surface area contributed by atoms with Crippen molar-refractivity contribution < 1.29 is 19.1 Å². The maximum atomic E-state index is 13.2. The molecule has 1 aliphatic heterocycles. The molecule has 3 rings (SSSR count). The summed E-state index contributed by atoms with van der Waals surface area (Å²) in [4.78, 5) is 28.6. The maximum absolute atomic E-state index is 13.2. The van der Waals surface area contributed by atoms with Crippen LogP contribution in [0.3, 0.4) is 0 Å². The second kappa shape index (κ2) is 7.27. The third-order valence-electron chi connectivity index (χ3n) is 4.09. The first kappa shape index (κ1) is 18.1. The predicted molar refractivity (Wildman–Crippen MR) is 97.0 cm³/mol. The standard InChI is InChI=1S/C19H16ClFN2O3/c1-22(10-11-24)17-16(12-2-4-13(20)5-3-12)18(25)23(19(17)26)15-8-6-14(21)7-9-15/h2-9,24H,10-11H2,1H3. The van der Waals surface area contributed by atoms with Crippen LogP contribution in [0.15, 0.2) is 54.2 Å². The van der Waals surface area contributed by atoms with Gasteiger partial charge in [0.15, 0.2) is 0 Å². The summed E-state index contributed by atoms with van der Waals surface area (Å²) in [6.45, 7) is 0.00855. The van der Waals surface area contributed by atoms with E-state index in [4.69, 9.17) is 11.6 Å². The number of carbonyl (C=O) groups is 2. The van der Waals surface area contributed by atoms with E-state index >= 15 is 0 Å². The lowest BCUT2D eigenvalue weighted by Crippen LogP contribution is -2.34. The Balaban J connectivity index is 2.11. The van der Waals surface area contributed by atoms with Gasteiger partial charge < -0.3 is 10.0 Å². The largest absolute Gasteiger partial charge is 0.395 e. The fraction of sp³-hybridized carbons (Fsp3) is 0.158. The molecule has 1 N–H and O–H groups in total. The number of halogens is 2. The van der Waals surface area contributed by atoms with Crippen molar-refractivity contribution in [2.75, 3.05) is 25.1 Å². The molecule has 2 aromatic carbocycles. The van der Waals surface area contributed by atoms with Crippen LogP contribution in [-0.4, -0.2) is 42.0 Å². The number of likely N-dealkylation sites (N-methyl/N-ethyl adjacent to an activating group) is 1. The highest BCUT2D eigenvalue weighted by atomic mass is 35.5. The first-order valence-corrected chi connectivity index (χ1v) is 8.28. The topological polar surface area (TPSA) is 60.9 Å². The van der Waals surface area contributed by atoms with Gasteiger partial charge in [-0.2, -0.15) is 0 Å². The molecule has 0 fully saturated rings. The Morgan fingerprint density at radius 2 is 1.65 bits per heavy atom. The van der Waals surface area contributed by atoms with E-state index in [1.807, 2.05) is 0 Å². The Bertz CT molecular complexity index is 879. The number of amides is 2. The van der Waals surface area contributed by atoms with Crippen molar-refractivity contribution in [2.45, 2.75) is 0 Å². The number of imide groups is 1. The molecule has 26 heavy (non-hydrogen) atoms. The zero-order valence-electron chi connectivity index (χ0n) is 13.9. The Morgan fingerprint density at radius 3 is 2.23 bits per heavy atom. The van der Waals surface area contributed by atoms with Crippen LogP contribution >= 0.6 is 11.6 Å². The van der Waals surface area contributed by atoms with Gasteiger partial charge in [-0.15, -0.1) is 0 Å². The summed E-state index contributed by atoms with van der Waals surface area (Å²) in [5.41, 5.74) is 1.21. The first-order valence-electron chi connectivity index (χ1n) is 7.90. The number of carbonyl (C=O) groups excluding carboxylic acids is 2. The van der Waals surface area contributed by atoms with Gasteiger partial charge in [0.25, 0.3) is 11.8 Å². The second-order valence-corrected chi connectivity index (χ2v) is 6.23. The van der Waals surface area contributed by atoms with Gasteiger partial charge in [-0.3, -0.25) is 9.59 Å². The van der Waals surface area contributed by atoms with Crippen molar-refractivity contribution in [1.29, 1.82) is 0 Å². The van der Waals surface area contributed by atoms with Crippen LogP contribution in [0.25, 0.3) is 5.57 Å². The Kier molecular flexibility index (Phi) is 5.06. The van der Waals surface area contributed by atoms with Gasteiger partial charge in [0.2, 0.25) is 0 Å². The SMILES string of the molecule is CN(CCO)C1=C(c2ccc(Cl)cc2)C(=O)N(c2ccc(F)cc2)C1=O. The Hall–Kier alpha value is -2.70. The lowest BCUT2D eigenvalue weighted by Gasteiger charge is -2.20. The zero-order valence-corrected chi connectivity index (χ0v) is 14.7. The fourth-order valence-corrected chi connectivity index (χ4v) is 2.96. The lowest BCUT2D eigenvalue weighted by atomic mass is 10.0. The van der Waals surface area contributed by atoms with Crippen LogP contribution in [0.1, 0.15) is 5.56 Å². The monoisotopic (exact) mass is 374 g/mol. The van der Waals surface area contributed by atoms with Crippen molar-refractivity contribution in [2.24, 2.45) is 0 Å². The molecule has 0 spiro atoms. The highest BCUT2D eigenvalue weighted by molar-refractivity contribution is 6.45. The molecule has 1 heterocycles. The highest BCUT2D eigenvalue weighted by Gasteiger charge is 2.41. The number of nitrogens with zero attached hydrogens (tertiary/aromatic N) is 2. The maximum Gasteiger partial charge on any atom is 0.282 e. The molecular weight excluding hydrogens is 359 g/mol. The van der Waals surface area contributed by atoms with Gasteiger partial charge >= 0.3 is 0 Å². The zero-order chi connectivity index (χ0) is 18.8. The molecule has 7 heteroatoms. The summed E-state index contributed by atoms with van der Waals surface area (Å²) in [6, 6.07) is 11.7. The van der Waals surface area contributed by atoms with Gasteiger partial charge in [-0.1, -0.05) is 23.7 Å². The molecule has 0 saturated heterocycles. The molecule has 0 aliphatic carbocycles. The van der Waals surface area contributed by atoms with E-state index in [0.717, 1.165) is 4.90 Å². The first-order chi connectivity index (χ1) is 12.4. The summed E-state index contributed by atoms with van der Waals surface area (Å²) in [5, 5.41) is 9.73. The normalized spacial score (nSPS) is 14.4. The third kappa shape index (κ3) is 3.21. The number of aliphatic hydroxyl groups excluding tert-OH is 1. The smallest absolute Gasteiger partial charge is 0.282 e. The van der Waals surface area contributed by atoms with Gasteiger partial charge in [-0.05, 0) is 42.0 Å². The average Bonchev–Trinajstić information content (AvgIpc) is 2.88. The molecule has 2 aromatic rings. The van der Waals surface area contributed by atoms with E-state index in [9.17, 15) is 19.1 Å². The molecule has 0 saturated carbocycles. The van der Waals surface area contributed by atoms with Gasteiger partial charge in [-0.25, -0.2) is 9.29 Å². The van der Waals surface area contributed by atoms with E-state index < -0.39 is 17.6 Å². The van der Waals surface area contributed by atoms with Gasteiger partial charge in [0.1, 0.15) is 11.5 Å². The van der Waals surface area contributed by atoms with Crippen LogP contribution in [0.5, 0.6) is 0 Å². The minimum Gasteiger partial charge on any atom is -0.395 e. The summed E-state index contributed by atoms with van der Waals surface area (Å²) >= 11 is 5.91. The van der Waals surface area contributed by atoms with Crippen LogP contribution in [0, 0.1) is 5.82 Å². The molecule has 134 valence electrons. The van der Waals surface area contributed by atoms with E-state index in [-0.39, 0.29) is 30.1 Å². The quantitative estimate of drug-likeness (QED) is 0.817. The fourth-order valence-electron chi connectivity index (χ4n) is 2.84. The number of rotatable bonds is 5. The molecule has 0 aromatic heterocycles. The van der Waals surface area contributed by atoms with Crippen molar-refractivity contribution in [1.82, 2.24) is 4.90 Å². The number of hydrogen-bond acceptors (Lipinski definition) is 4. The molecule has 0 unspecified atom stereocenters. The highest BCUT2D eigenvalue weighted by Crippen LogP contribution is 2.34. The number of anilines is 1. The van der Waals surface area contributed by atoms with Crippen molar-refractivity contribution in [3.05, 3.63) is 70.6 Å². The molecule has 0 atom stereocenters. The minimum absolute atomic E-state index is 0.175. The molecule has 0 bridgehead atoms. The Labute approximate surface area is 154 Å². The van der Waals surface area contributed by atoms with E-state index in [1.54, 1.807) is 31.3 Å². The van der Waals surface area contributed by atoms with Crippen molar-refractivity contribution in [3.63, 3.8) is 0 Å². The number of aliphatic hydroxyl groups is 1. The van der Waals surface area contributed by atoms with Gasteiger partial charge in [0.05, 0.1) is 17.9 Å². The average molecular weight is 375 g/mol. The van der Waals surface area contributed by atoms with Crippen LogP contribution in [-0.2, 0) is 9.59 Å². The molecule has 0 radical (unpaired) electrons. The molecule has 5 nitrogen and oxygen atoms in total. The van der Waals surface area contributed by atoms with Crippen molar-refractivity contribution in [3.8, 4) is 0 Å². The van der Waals surface area contributed by atoms with Crippen LogP contribution in [0.2, 0.25) is 5.02 Å². The second-order valence-electron chi connectivity index (χ2n) is 5.80. The van der Waals surface area contributed by atoms with Crippen LogP contribution < -0.4 is 4.90 Å². The van der Waals surface area contributed by atoms with E-state index in [1.165, 1.54) is 29.2 Å². The Morgan fingerprint density at radius 1 is 1.04 bits per heavy atom.